The highest BCUT2D eigenvalue weighted by Gasteiger charge is 2.33. The van der Waals surface area contributed by atoms with Gasteiger partial charge in [-0.1, -0.05) is 78.4 Å². The third kappa shape index (κ3) is 3.65. The second kappa shape index (κ2) is 7.40. The smallest absolute Gasteiger partial charge is 0.166 e. The number of benzene rings is 3. The van der Waals surface area contributed by atoms with Gasteiger partial charge in [-0.3, -0.25) is 0 Å². The Labute approximate surface area is 169 Å². The van der Waals surface area contributed by atoms with Crippen LogP contribution in [-0.2, 0) is 6.18 Å². The molecule has 1 aliphatic carbocycles. The fraction of sp³-hybridized carbons (Fsp3) is 0.154. The summed E-state index contributed by atoms with van der Waals surface area (Å²) in [5, 5.41) is 0. The Morgan fingerprint density at radius 1 is 0.793 bits per heavy atom. The van der Waals surface area contributed by atoms with E-state index >= 15 is 0 Å². The molecule has 0 heterocycles. The summed E-state index contributed by atoms with van der Waals surface area (Å²) in [6.45, 7) is 4.09. The van der Waals surface area contributed by atoms with E-state index < -0.39 is 11.7 Å². The van der Waals surface area contributed by atoms with Gasteiger partial charge >= 0.3 is 6.18 Å². The molecule has 3 heteroatoms. The number of alkyl halides is 3. The SMILES string of the molecule is CC(C)=CC1=C(c2ccc(C(F)(F)F)cc2)c2ccccc2C1c1ccccc1. The molecule has 0 nitrogen and oxygen atoms in total. The number of hydrogen-bond acceptors (Lipinski definition) is 0. The highest BCUT2D eigenvalue weighted by Crippen LogP contribution is 2.49. The molecule has 146 valence electrons. The maximum Gasteiger partial charge on any atom is 0.416 e. The number of rotatable bonds is 3. The van der Waals surface area contributed by atoms with Gasteiger partial charge in [-0.15, -0.1) is 0 Å². The van der Waals surface area contributed by atoms with Crippen LogP contribution in [0.15, 0.2) is 96.1 Å². The van der Waals surface area contributed by atoms with Crippen LogP contribution in [0, 0.1) is 0 Å². The predicted molar refractivity (Wildman–Crippen MR) is 112 cm³/mol. The van der Waals surface area contributed by atoms with E-state index in [1.54, 1.807) is 12.1 Å². The van der Waals surface area contributed by atoms with Crippen LogP contribution >= 0.6 is 0 Å². The molecule has 0 spiro atoms. The van der Waals surface area contributed by atoms with E-state index in [0.717, 1.165) is 27.8 Å². The first-order valence-corrected chi connectivity index (χ1v) is 9.57. The molecule has 29 heavy (non-hydrogen) atoms. The molecule has 0 aliphatic heterocycles. The monoisotopic (exact) mass is 390 g/mol. The second-order valence-electron chi connectivity index (χ2n) is 7.56. The molecule has 0 fully saturated rings. The molecule has 0 amide bonds. The van der Waals surface area contributed by atoms with E-state index in [4.69, 9.17) is 0 Å². The van der Waals surface area contributed by atoms with Crippen molar-refractivity contribution in [1.82, 2.24) is 0 Å². The molecular formula is C26H21F3. The average Bonchev–Trinajstić information content (AvgIpc) is 3.01. The lowest BCUT2D eigenvalue weighted by Crippen LogP contribution is -2.04. The summed E-state index contributed by atoms with van der Waals surface area (Å²) < 4.78 is 39.1. The molecule has 3 aromatic carbocycles. The van der Waals surface area contributed by atoms with Gasteiger partial charge < -0.3 is 0 Å². The fourth-order valence-electron chi connectivity index (χ4n) is 4.06. The van der Waals surface area contributed by atoms with Crippen molar-refractivity contribution in [1.29, 1.82) is 0 Å². The maximum atomic E-state index is 13.0. The van der Waals surface area contributed by atoms with Crippen molar-refractivity contribution in [2.45, 2.75) is 25.9 Å². The minimum Gasteiger partial charge on any atom is -0.166 e. The summed E-state index contributed by atoms with van der Waals surface area (Å²) in [6, 6.07) is 23.9. The van der Waals surface area contributed by atoms with Crippen LogP contribution in [0.3, 0.4) is 0 Å². The van der Waals surface area contributed by atoms with Crippen molar-refractivity contribution in [2.75, 3.05) is 0 Å². The molecule has 0 bridgehead atoms. The Morgan fingerprint density at radius 3 is 2.03 bits per heavy atom. The van der Waals surface area contributed by atoms with Crippen LogP contribution in [0.4, 0.5) is 13.2 Å². The third-order valence-electron chi connectivity index (χ3n) is 5.22. The highest BCUT2D eigenvalue weighted by atomic mass is 19.4. The normalized spacial score (nSPS) is 16.0. The Kier molecular flexibility index (Phi) is 4.91. The molecule has 1 aliphatic rings. The Bertz CT molecular complexity index is 1080. The zero-order valence-corrected chi connectivity index (χ0v) is 16.3. The molecule has 1 unspecified atom stereocenters. The summed E-state index contributed by atoms with van der Waals surface area (Å²) in [6.07, 6.45) is -2.18. The van der Waals surface area contributed by atoms with Crippen molar-refractivity contribution in [2.24, 2.45) is 0 Å². The van der Waals surface area contributed by atoms with Gasteiger partial charge in [0.25, 0.3) is 0 Å². The molecule has 0 aromatic heterocycles. The average molecular weight is 390 g/mol. The van der Waals surface area contributed by atoms with Crippen LogP contribution in [-0.4, -0.2) is 0 Å². The van der Waals surface area contributed by atoms with Crippen molar-refractivity contribution in [3.05, 3.63) is 124 Å². The van der Waals surface area contributed by atoms with E-state index in [0.29, 0.717) is 0 Å². The van der Waals surface area contributed by atoms with E-state index in [-0.39, 0.29) is 5.92 Å². The molecule has 3 aromatic rings. The first-order valence-electron chi connectivity index (χ1n) is 9.57. The number of fused-ring (bicyclic) bond motifs is 1. The Morgan fingerprint density at radius 2 is 1.41 bits per heavy atom. The molecule has 0 radical (unpaired) electrons. The lowest BCUT2D eigenvalue weighted by Gasteiger charge is -2.16. The highest BCUT2D eigenvalue weighted by molar-refractivity contribution is 5.91. The minimum atomic E-state index is -4.34. The number of allylic oxidation sites excluding steroid dienone is 3. The Hall–Kier alpha value is -3.07. The largest absolute Gasteiger partial charge is 0.416 e. The van der Waals surface area contributed by atoms with Gasteiger partial charge in [0.2, 0.25) is 0 Å². The van der Waals surface area contributed by atoms with Gasteiger partial charge in [0.1, 0.15) is 0 Å². The zero-order valence-electron chi connectivity index (χ0n) is 16.3. The van der Waals surface area contributed by atoms with Crippen molar-refractivity contribution < 1.29 is 13.2 Å². The van der Waals surface area contributed by atoms with Crippen molar-refractivity contribution >= 4 is 5.57 Å². The van der Waals surface area contributed by atoms with Crippen LogP contribution in [0.1, 0.15) is 47.6 Å². The number of hydrogen-bond donors (Lipinski definition) is 0. The summed E-state index contributed by atoms with van der Waals surface area (Å²) in [5.41, 5.74) is 6.89. The van der Waals surface area contributed by atoms with Crippen molar-refractivity contribution in [3.8, 4) is 0 Å². The lowest BCUT2D eigenvalue weighted by atomic mass is 9.87. The van der Waals surface area contributed by atoms with E-state index in [9.17, 15) is 13.2 Å². The van der Waals surface area contributed by atoms with Crippen LogP contribution in [0.25, 0.3) is 5.57 Å². The molecule has 1 atom stereocenters. The van der Waals surface area contributed by atoms with Gasteiger partial charge in [-0.25, -0.2) is 0 Å². The van der Waals surface area contributed by atoms with Gasteiger partial charge in [0, 0.05) is 5.92 Å². The van der Waals surface area contributed by atoms with E-state index in [2.05, 4.69) is 30.3 Å². The zero-order chi connectivity index (χ0) is 20.6. The summed E-state index contributed by atoms with van der Waals surface area (Å²) in [4.78, 5) is 0. The second-order valence-corrected chi connectivity index (χ2v) is 7.56. The van der Waals surface area contributed by atoms with Gasteiger partial charge in [0.15, 0.2) is 0 Å². The van der Waals surface area contributed by atoms with Crippen LogP contribution < -0.4 is 0 Å². The van der Waals surface area contributed by atoms with Crippen molar-refractivity contribution in [3.63, 3.8) is 0 Å². The number of halogens is 3. The fourth-order valence-corrected chi connectivity index (χ4v) is 4.06. The molecule has 0 N–H and O–H groups in total. The quantitative estimate of drug-likeness (QED) is 0.431. The standard InChI is InChI=1S/C26H21F3/c1-17(2)16-23-24(18-8-4-3-5-9-18)21-10-6-7-11-22(21)25(23)19-12-14-20(15-13-19)26(27,28)29/h3-16,24H,1-2H3. The van der Waals surface area contributed by atoms with Crippen LogP contribution in [0.2, 0.25) is 0 Å². The first kappa shape index (κ1) is 19.3. The molecule has 4 rings (SSSR count). The first-order chi connectivity index (χ1) is 13.9. The maximum absolute atomic E-state index is 13.0. The van der Waals surface area contributed by atoms with Gasteiger partial charge in [0.05, 0.1) is 5.56 Å². The summed E-state index contributed by atoms with van der Waals surface area (Å²) >= 11 is 0. The molecule has 0 saturated carbocycles. The lowest BCUT2D eigenvalue weighted by molar-refractivity contribution is -0.137. The van der Waals surface area contributed by atoms with Crippen LogP contribution in [0.5, 0.6) is 0 Å². The summed E-state index contributed by atoms with van der Waals surface area (Å²) in [5.74, 6) is 0.0552. The molecular weight excluding hydrogens is 369 g/mol. The molecule has 0 saturated heterocycles. The Balaban J connectivity index is 1.96. The predicted octanol–water partition coefficient (Wildman–Crippen LogP) is 7.62. The topological polar surface area (TPSA) is 0 Å². The third-order valence-corrected chi connectivity index (χ3v) is 5.22. The summed E-state index contributed by atoms with van der Waals surface area (Å²) in [7, 11) is 0. The van der Waals surface area contributed by atoms with Gasteiger partial charge in [-0.2, -0.15) is 13.2 Å². The van der Waals surface area contributed by atoms with Gasteiger partial charge in [-0.05, 0) is 59.4 Å². The van der Waals surface area contributed by atoms with E-state index in [1.165, 1.54) is 23.3 Å². The minimum absolute atomic E-state index is 0.0552. The van der Waals surface area contributed by atoms with E-state index in [1.807, 2.05) is 44.2 Å².